The number of amides is 1. The first-order chi connectivity index (χ1) is 8.59. The molecule has 0 bridgehead atoms. The molecule has 1 saturated heterocycles. The molecule has 6 heteroatoms. The zero-order valence-corrected chi connectivity index (χ0v) is 11.0. The summed E-state index contributed by atoms with van der Waals surface area (Å²) < 4.78 is 1.50. The zero-order valence-electron chi connectivity index (χ0n) is 11.0. The van der Waals surface area contributed by atoms with E-state index in [1.165, 1.54) is 23.7 Å². The van der Waals surface area contributed by atoms with Crippen molar-refractivity contribution in [2.24, 2.45) is 7.05 Å². The lowest BCUT2D eigenvalue weighted by atomic mass is 10.0. The highest BCUT2D eigenvalue weighted by atomic mass is 16.1. The van der Waals surface area contributed by atoms with E-state index < -0.39 is 0 Å². The number of nitrogens with one attached hydrogen (secondary N) is 1. The van der Waals surface area contributed by atoms with Gasteiger partial charge in [-0.1, -0.05) is 6.42 Å². The van der Waals surface area contributed by atoms with Gasteiger partial charge in [0.1, 0.15) is 11.4 Å². The molecule has 0 spiro atoms. The molecule has 1 fully saturated rings. The summed E-state index contributed by atoms with van der Waals surface area (Å²) >= 11 is 0. The van der Waals surface area contributed by atoms with Gasteiger partial charge in [0.25, 0.3) is 5.91 Å². The van der Waals surface area contributed by atoms with Gasteiger partial charge in [0.05, 0.1) is 6.20 Å². The number of hydrogen-bond donors (Lipinski definition) is 2. The Morgan fingerprint density at radius 1 is 1.56 bits per heavy atom. The van der Waals surface area contributed by atoms with Crippen LogP contribution in [0, 0.1) is 0 Å². The van der Waals surface area contributed by atoms with Crippen molar-refractivity contribution in [1.82, 2.24) is 20.0 Å². The maximum Gasteiger partial charge on any atom is 0.256 e. The number of aryl methyl sites for hydroxylation is 1. The van der Waals surface area contributed by atoms with E-state index >= 15 is 0 Å². The Balaban J connectivity index is 1.90. The highest BCUT2D eigenvalue weighted by molar-refractivity contribution is 5.98. The molecule has 1 aromatic rings. The fourth-order valence-corrected chi connectivity index (χ4v) is 2.33. The van der Waals surface area contributed by atoms with Crippen LogP contribution in [0.1, 0.15) is 29.6 Å². The predicted octanol–water partition coefficient (Wildman–Crippen LogP) is 0.216. The van der Waals surface area contributed by atoms with Gasteiger partial charge in [-0.05, 0) is 26.4 Å². The lowest BCUT2D eigenvalue weighted by molar-refractivity contribution is 0.0929. The smallest absolute Gasteiger partial charge is 0.256 e. The number of aromatic nitrogens is 2. The van der Waals surface area contributed by atoms with E-state index in [1.807, 2.05) is 0 Å². The van der Waals surface area contributed by atoms with E-state index in [2.05, 4.69) is 22.4 Å². The molecular formula is C12H21N5O. The molecule has 18 heavy (non-hydrogen) atoms. The average Bonchev–Trinajstić information content (AvgIpc) is 2.69. The standard InChI is InChI=1S/C12H21N5O/c1-16-6-4-3-5-9(16)7-14-12(18)10-8-15-17(2)11(10)13/h8-9H,3-7,13H2,1-2H3,(H,14,18). The molecule has 1 aliphatic rings. The van der Waals surface area contributed by atoms with Gasteiger partial charge in [-0.25, -0.2) is 0 Å². The minimum atomic E-state index is -0.139. The van der Waals surface area contributed by atoms with Crippen LogP contribution in [0.3, 0.4) is 0 Å². The summed E-state index contributed by atoms with van der Waals surface area (Å²) in [4.78, 5) is 14.3. The number of hydrogen-bond acceptors (Lipinski definition) is 4. The highest BCUT2D eigenvalue weighted by Crippen LogP contribution is 2.14. The molecule has 2 heterocycles. The molecule has 100 valence electrons. The number of likely N-dealkylation sites (N-methyl/N-ethyl adjacent to an activating group) is 1. The van der Waals surface area contributed by atoms with Crippen molar-refractivity contribution < 1.29 is 4.79 Å². The van der Waals surface area contributed by atoms with E-state index in [1.54, 1.807) is 7.05 Å². The van der Waals surface area contributed by atoms with Crippen LogP contribution in [0.25, 0.3) is 0 Å². The summed E-state index contributed by atoms with van der Waals surface area (Å²) in [5.41, 5.74) is 6.22. The Morgan fingerprint density at radius 2 is 2.33 bits per heavy atom. The van der Waals surface area contributed by atoms with Crippen molar-refractivity contribution in [3.63, 3.8) is 0 Å². The first kappa shape index (κ1) is 12.9. The molecule has 0 aromatic carbocycles. The van der Waals surface area contributed by atoms with Crippen molar-refractivity contribution >= 4 is 11.7 Å². The number of anilines is 1. The normalized spacial score (nSPS) is 20.9. The highest BCUT2D eigenvalue weighted by Gasteiger charge is 2.20. The predicted molar refractivity (Wildman–Crippen MR) is 70.2 cm³/mol. The summed E-state index contributed by atoms with van der Waals surface area (Å²) in [7, 11) is 3.83. The second-order valence-electron chi connectivity index (χ2n) is 4.91. The Hall–Kier alpha value is -1.56. The van der Waals surface area contributed by atoms with Gasteiger partial charge in [0.15, 0.2) is 0 Å². The van der Waals surface area contributed by atoms with Gasteiger partial charge in [-0.2, -0.15) is 5.10 Å². The number of nitrogen functional groups attached to an aromatic ring is 1. The first-order valence-corrected chi connectivity index (χ1v) is 6.35. The molecule has 2 rings (SSSR count). The van der Waals surface area contributed by atoms with E-state index in [0.717, 1.165) is 13.0 Å². The van der Waals surface area contributed by atoms with Crippen molar-refractivity contribution in [3.05, 3.63) is 11.8 Å². The van der Waals surface area contributed by atoms with E-state index in [0.29, 0.717) is 24.0 Å². The Kier molecular flexibility index (Phi) is 3.86. The minimum Gasteiger partial charge on any atom is -0.383 e. The molecule has 6 nitrogen and oxygen atoms in total. The number of likely N-dealkylation sites (tertiary alicyclic amines) is 1. The quantitative estimate of drug-likeness (QED) is 0.805. The van der Waals surface area contributed by atoms with Crippen LogP contribution in [0.5, 0.6) is 0 Å². The Bertz CT molecular complexity index is 428. The number of carbonyl (C=O) groups excluding carboxylic acids is 1. The molecule has 1 unspecified atom stereocenters. The molecule has 0 radical (unpaired) electrons. The van der Waals surface area contributed by atoms with E-state index in [9.17, 15) is 4.79 Å². The molecule has 1 aliphatic heterocycles. The second-order valence-corrected chi connectivity index (χ2v) is 4.91. The summed E-state index contributed by atoms with van der Waals surface area (Å²) in [6.07, 6.45) is 5.13. The van der Waals surface area contributed by atoms with Crippen molar-refractivity contribution in [2.45, 2.75) is 25.3 Å². The monoisotopic (exact) mass is 251 g/mol. The van der Waals surface area contributed by atoms with Crippen LogP contribution >= 0.6 is 0 Å². The van der Waals surface area contributed by atoms with Crippen LogP contribution < -0.4 is 11.1 Å². The largest absolute Gasteiger partial charge is 0.383 e. The summed E-state index contributed by atoms with van der Waals surface area (Å²) in [5.74, 6) is 0.268. The third-order valence-electron chi connectivity index (χ3n) is 3.65. The molecular weight excluding hydrogens is 230 g/mol. The fourth-order valence-electron chi connectivity index (χ4n) is 2.33. The van der Waals surface area contributed by atoms with Gasteiger partial charge in [0, 0.05) is 19.6 Å². The minimum absolute atomic E-state index is 0.139. The average molecular weight is 251 g/mol. The second kappa shape index (κ2) is 5.39. The van der Waals surface area contributed by atoms with Gasteiger partial charge < -0.3 is 16.0 Å². The van der Waals surface area contributed by atoms with Crippen molar-refractivity contribution in [1.29, 1.82) is 0 Å². The number of nitrogens with zero attached hydrogens (tertiary/aromatic N) is 3. The van der Waals surface area contributed by atoms with Gasteiger partial charge in [0.2, 0.25) is 0 Å². The lowest BCUT2D eigenvalue weighted by Gasteiger charge is -2.32. The third-order valence-corrected chi connectivity index (χ3v) is 3.65. The topological polar surface area (TPSA) is 76.2 Å². The van der Waals surface area contributed by atoms with Gasteiger partial charge in [-0.3, -0.25) is 9.48 Å². The number of rotatable bonds is 3. The van der Waals surface area contributed by atoms with Crippen LogP contribution in [-0.2, 0) is 7.05 Å². The molecule has 1 amide bonds. The number of carbonyl (C=O) groups is 1. The van der Waals surface area contributed by atoms with Crippen LogP contribution in [0.4, 0.5) is 5.82 Å². The maximum atomic E-state index is 12.0. The lowest BCUT2D eigenvalue weighted by Crippen LogP contribution is -2.44. The van der Waals surface area contributed by atoms with Crippen LogP contribution in [0.2, 0.25) is 0 Å². The Labute approximate surface area is 107 Å². The van der Waals surface area contributed by atoms with Crippen molar-refractivity contribution in [3.8, 4) is 0 Å². The molecule has 0 aliphatic carbocycles. The number of piperidine rings is 1. The molecule has 0 saturated carbocycles. The molecule has 3 N–H and O–H groups in total. The third kappa shape index (κ3) is 2.64. The van der Waals surface area contributed by atoms with Crippen LogP contribution in [-0.4, -0.2) is 46.8 Å². The van der Waals surface area contributed by atoms with E-state index in [4.69, 9.17) is 5.73 Å². The zero-order chi connectivity index (χ0) is 13.1. The maximum absolute atomic E-state index is 12.0. The molecule has 1 atom stereocenters. The summed E-state index contributed by atoms with van der Waals surface area (Å²) in [6, 6.07) is 0.431. The van der Waals surface area contributed by atoms with Gasteiger partial charge in [-0.15, -0.1) is 0 Å². The first-order valence-electron chi connectivity index (χ1n) is 6.35. The van der Waals surface area contributed by atoms with E-state index in [-0.39, 0.29) is 5.91 Å². The van der Waals surface area contributed by atoms with Crippen LogP contribution in [0.15, 0.2) is 6.20 Å². The SMILES string of the molecule is CN1CCCCC1CNC(=O)c1cnn(C)c1N. The van der Waals surface area contributed by atoms with Gasteiger partial charge >= 0.3 is 0 Å². The fraction of sp³-hybridized carbons (Fsp3) is 0.667. The molecule has 1 aromatic heterocycles. The summed E-state index contributed by atoms with van der Waals surface area (Å²) in [6.45, 7) is 1.78. The Morgan fingerprint density at radius 3 is 2.94 bits per heavy atom. The van der Waals surface area contributed by atoms with Crippen molar-refractivity contribution in [2.75, 3.05) is 25.9 Å². The summed E-state index contributed by atoms with van der Waals surface area (Å²) in [5, 5.41) is 6.91. The number of nitrogens with two attached hydrogens (primary N) is 1.